The maximum atomic E-state index is 12.3. The third kappa shape index (κ3) is 4.18. The van der Waals surface area contributed by atoms with E-state index in [1.165, 1.54) is 18.2 Å². The first-order valence-electron chi connectivity index (χ1n) is 8.02. The van der Waals surface area contributed by atoms with E-state index in [2.05, 4.69) is 36.5 Å². The predicted octanol–water partition coefficient (Wildman–Crippen LogP) is 3.78. The number of carbonyl (C=O) groups is 1. The third-order valence-corrected chi connectivity index (χ3v) is 4.20. The topological polar surface area (TPSA) is 59.9 Å². The molecule has 1 N–H and O–H groups in total. The Balaban J connectivity index is 2.21. The van der Waals surface area contributed by atoms with Crippen LogP contribution in [-0.2, 0) is 0 Å². The van der Waals surface area contributed by atoms with Gasteiger partial charge in [-0.05, 0) is 68.7 Å². The lowest BCUT2D eigenvalue weighted by Crippen LogP contribution is -2.19. The fourth-order valence-corrected chi connectivity index (χ4v) is 2.59. The van der Waals surface area contributed by atoms with Gasteiger partial charge in [-0.15, -0.1) is 0 Å². The van der Waals surface area contributed by atoms with E-state index >= 15 is 0 Å². The smallest absolute Gasteiger partial charge is 0.271 e. The summed E-state index contributed by atoms with van der Waals surface area (Å²) in [7, 11) is 3.08. The van der Waals surface area contributed by atoms with Crippen LogP contribution in [0.15, 0.2) is 35.4 Å². The van der Waals surface area contributed by atoms with Crippen LogP contribution in [0.5, 0.6) is 11.5 Å². The van der Waals surface area contributed by atoms with Crippen molar-refractivity contribution >= 4 is 11.6 Å². The first kappa shape index (κ1) is 18.5. The predicted molar refractivity (Wildman–Crippen MR) is 99.9 cm³/mol. The van der Waals surface area contributed by atoms with E-state index in [1.807, 2.05) is 13.8 Å². The van der Waals surface area contributed by atoms with E-state index in [-0.39, 0.29) is 5.91 Å². The van der Waals surface area contributed by atoms with Crippen molar-refractivity contribution < 1.29 is 14.3 Å². The van der Waals surface area contributed by atoms with Gasteiger partial charge >= 0.3 is 0 Å². The van der Waals surface area contributed by atoms with Crippen LogP contribution in [0.25, 0.3) is 0 Å². The summed E-state index contributed by atoms with van der Waals surface area (Å²) in [6.07, 6.45) is 0. The maximum absolute atomic E-state index is 12.3. The molecule has 0 saturated carbocycles. The lowest BCUT2D eigenvalue weighted by molar-refractivity contribution is 0.0954. The van der Waals surface area contributed by atoms with E-state index in [4.69, 9.17) is 9.47 Å². The molecule has 132 valence electrons. The quantitative estimate of drug-likeness (QED) is 0.665. The summed E-state index contributed by atoms with van der Waals surface area (Å²) < 4.78 is 10.4. The molecule has 0 aliphatic rings. The minimum atomic E-state index is -0.304. The van der Waals surface area contributed by atoms with Gasteiger partial charge < -0.3 is 9.47 Å². The minimum absolute atomic E-state index is 0.304. The molecule has 0 atom stereocenters. The molecule has 0 aromatic heterocycles. The number of nitrogens with one attached hydrogen (secondary N) is 1. The molecule has 0 heterocycles. The number of benzene rings is 2. The van der Waals surface area contributed by atoms with Crippen molar-refractivity contribution in [3.05, 3.63) is 58.1 Å². The molecule has 0 radical (unpaired) electrons. The van der Waals surface area contributed by atoms with Gasteiger partial charge in [-0.25, -0.2) is 5.43 Å². The average molecular weight is 340 g/mol. The van der Waals surface area contributed by atoms with Crippen LogP contribution in [-0.4, -0.2) is 25.8 Å². The Morgan fingerprint density at radius 3 is 2.20 bits per heavy atom. The van der Waals surface area contributed by atoms with Crippen molar-refractivity contribution in [2.45, 2.75) is 27.7 Å². The molecule has 5 heteroatoms. The fraction of sp³-hybridized carbons (Fsp3) is 0.300. The summed E-state index contributed by atoms with van der Waals surface area (Å²) in [5.74, 6) is 0.770. The first-order valence-corrected chi connectivity index (χ1v) is 8.02. The Bertz CT molecular complexity index is 826. The number of hydrogen-bond donors (Lipinski definition) is 1. The second kappa shape index (κ2) is 7.83. The van der Waals surface area contributed by atoms with Crippen LogP contribution in [0.3, 0.4) is 0 Å². The highest BCUT2D eigenvalue weighted by molar-refractivity contribution is 6.02. The van der Waals surface area contributed by atoms with E-state index in [9.17, 15) is 4.79 Å². The zero-order valence-corrected chi connectivity index (χ0v) is 15.6. The Kier molecular flexibility index (Phi) is 5.80. The van der Waals surface area contributed by atoms with Crippen LogP contribution in [0, 0.1) is 20.8 Å². The molecule has 0 unspecified atom stereocenters. The molecule has 2 aromatic carbocycles. The van der Waals surface area contributed by atoms with Crippen LogP contribution >= 0.6 is 0 Å². The van der Waals surface area contributed by atoms with Crippen LogP contribution in [0.2, 0.25) is 0 Å². The van der Waals surface area contributed by atoms with Gasteiger partial charge in [-0.3, -0.25) is 4.79 Å². The molecule has 2 aromatic rings. The number of methoxy groups -OCH3 is 2. The number of rotatable bonds is 5. The monoisotopic (exact) mass is 340 g/mol. The molecule has 0 spiro atoms. The fourth-order valence-electron chi connectivity index (χ4n) is 2.59. The number of hydrogen-bond acceptors (Lipinski definition) is 4. The zero-order valence-electron chi connectivity index (χ0n) is 15.6. The lowest BCUT2D eigenvalue weighted by atomic mass is 9.98. The summed E-state index contributed by atoms with van der Waals surface area (Å²) >= 11 is 0. The van der Waals surface area contributed by atoms with Crippen molar-refractivity contribution in [3.8, 4) is 11.5 Å². The number of nitrogens with zero attached hydrogens (tertiary/aromatic N) is 1. The van der Waals surface area contributed by atoms with E-state index in [0.717, 1.165) is 16.8 Å². The Hall–Kier alpha value is -2.82. The summed E-state index contributed by atoms with van der Waals surface area (Å²) in [6, 6.07) is 9.20. The molecular formula is C20H24N2O3. The maximum Gasteiger partial charge on any atom is 0.271 e. The zero-order chi connectivity index (χ0) is 18.6. The number of carbonyl (C=O) groups excluding carboxylic acids is 1. The van der Waals surface area contributed by atoms with Crippen molar-refractivity contribution in [1.82, 2.24) is 5.43 Å². The Morgan fingerprint density at radius 1 is 0.920 bits per heavy atom. The van der Waals surface area contributed by atoms with Crippen molar-refractivity contribution in [2.75, 3.05) is 14.2 Å². The number of ether oxygens (including phenoxy) is 2. The van der Waals surface area contributed by atoms with Gasteiger partial charge in [0.2, 0.25) is 0 Å². The highest BCUT2D eigenvalue weighted by Gasteiger charge is 2.11. The van der Waals surface area contributed by atoms with E-state index in [0.29, 0.717) is 17.1 Å². The van der Waals surface area contributed by atoms with Gasteiger partial charge in [0.05, 0.1) is 19.9 Å². The second-order valence-electron chi connectivity index (χ2n) is 5.96. The molecule has 5 nitrogen and oxygen atoms in total. The Morgan fingerprint density at radius 2 is 1.56 bits per heavy atom. The summed E-state index contributed by atoms with van der Waals surface area (Å²) in [5.41, 5.74) is 8.40. The summed E-state index contributed by atoms with van der Waals surface area (Å²) in [4.78, 5) is 12.3. The molecule has 0 aliphatic heterocycles. The molecule has 1 amide bonds. The molecule has 25 heavy (non-hydrogen) atoms. The van der Waals surface area contributed by atoms with Gasteiger partial charge in [-0.2, -0.15) is 5.10 Å². The highest BCUT2D eigenvalue weighted by atomic mass is 16.5. The third-order valence-electron chi connectivity index (χ3n) is 4.20. The van der Waals surface area contributed by atoms with Crippen molar-refractivity contribution in [1.29, 1.82) is 0 Å². The van der Waals surface area contributed by atoms with Gasteiger partial charge in [0.15, 0.2) is 11.5 Å². The number of hydrazone groups is 1. The molecule has 0 bridgehead atoms. The highest BCUT2D eigenvalue weighted by Crippen LogP contribution is 2.27. The first-order chi connectivity index (χ1) is 11.9. The van der Waals surface area contributed by atoms with Gasteiger partial charge in [0.25, 0.3) is 5.91 Å². The van der Waals surface area contributed by atoms with E-state index < -0.39 is 0 Å². The summed E-state index contributed by atoms with van der Waals surface area (Å²) in [6.45, 7) is 8.06. The molecule has 0 fully saturated rings. The second-order valence-corrected chi connectivity index (χ2v) is 5.96. The molecule has 0 aliphatic carbocycles. The lowest BCUT2D eigenvalue weighted by Gasteiger charge is -2.11. The largest absolute Gasteiger partial charge is 0.493 e. The Labute approximate surface area is 148 Å². The van der Waals surface area contributed by atoms with Crippen molar-refractivity contribution in [3.63, 3.8) is 0 Å². The van der Waals surface area contributed by atoms with Gasteiger partial charge in [0.1, 0.15) is 0 Å². The van der Waals surface area contributed by atoms with Gasteiger partial charge in [0, 0.05) is 11.1 Å². The number of aryl methyl sites for hydroxylation is 3. The normalized spacial score (nSPS) is 11.2. The van der Waals surface area contributed by atoms with E-state index in [1.54, 1.807) is 25.3 Å². The van der Waals surface area contributed by atoms with Crippen LogP contribution < -0.4 is 14.9 Å². The van der Waals surface area contributed by atoms with Crippen molar-refractivity contribution in [2.24, 2.45) is 5.10 Å². The van der Waals surface area contributed by atoms with Crippen LogP contribution in [0.1, 0.15) is 39.5 Å². The molecular weight excluding hydrogens is 316 g/mol. The molecule has 2 rings (SSSR count). The van der Waals surface area contributed by atoms with Crippen LogP contribution in [0.4, 0.5) is 0 Å². The average Bonchev–Trinajstić information content (AvgIpc) is 2.61. The summed E-state index contributed by atoms with van der Waals surface area (Å²) in [5, 5.41) is 4.25. The SMILES string of the molecule is COc1ccc(C(=O)N/N=C(/C)c2cc(C)c(C)cc2C)cc1OC. The molecule has 0 saturated heterocycles. The number of amides is 1. The van der Waals surface area contributed by atoms with Gasteiger partial charge in [-0.1, -0.05) is 6.07 Å². The minimum Gasteiger partial charge on any atom is -0.493 e. The standard InChI is InChI=1S/C20H24N2O3/c1-12-9-14(3)17(10-13(12)2)15(4)21-22-20(23)16-7-8-18(24-5)19(11-16)25-6/h7-11H,1-6H3,(H,22,23)/b21-15-.